The molecule has 23 heavy (non-hydrogen) atoms. The average Bonchev–Trinajstić information content (AvgIpc) is 3.12. The van der Waals surface area contributed by atoms with Gasteiger partial charge in [0, 0.05) is 13.1 Å². The lowest BCUT2D eigenvalue weighted by atomic mass is 10.0. The molecule has 128 valence electrons. The van der Waals surface area contributed by atoms with Gasteiger partial charge in [0.2, 0.25) is 0 Å². The summed E-state index contributed by atoms with van der Waals surface area (Å²) in [7, 11) is 0. The minimum atomic E-state index is -1.15. The topological polar surface area (TPSA) is 120 Å². The fraction of sp³-hybridized carbons (Fsp3) is 0.769. The number of hydrogen-bond acceptors (Lipinski definition) is 6. The van der Waals surface area contributed by atoms with Gasteiger partial charge in [-0.25, -0.2) is 15.1 Å². The second kappa shape index (κ2) is 6.69. The van der Waals surface area contributed by atoms with Gasteiger partial charge in [0.15, 0.2) is 6.61 Å². The number of hydrogen-bond donors (Lipinski definition) is 3. The molecule has 2 bridgehead atoms. The van der Waals surface area contributed by atoms with E-state index in [-0.39, 0.29) is 18.1 Å². The summed E-state index contributed by atoms with van der Waals surface area (Å²) in [6, 6.07) is -1.31. The van der Waals surface area contributed by atoms with Crippen LogP contribution in [0.4, 0.5) is 4.79 Å². The molecule has 0 aromatic heterocycles. The van der Waals surface area contributed by atoms with Gasteiger partial charge in [-0.2, -0.15) is 5.06 Å². The van der Waals surface area contributed by atoms with Gasteiger partial charge in [0.05, 0.1) is 12.1 Å². The summed E-state index contributed by atoms with van der Waals surface area (Å²) in [5.41, 5.74) is 2.44. The van der Waals surface area contributed by atoms with Crippen molar-refractivity contribution in [1.82, 2.24) is 20.8 Å². The Kier molecular flexibility index (Phi) is 4.64. The molecule has 0 aromatic rings. The highest BCUT2D eigenvalue weighted by molar-refractivity contribution is 5.88. The second-order valence-electron chi connectivity index (χ2n) is 5.87. The van der Waals surface area contributed by atoms with E-state index in [2.05, 4.69) is 10.8 Å². The van der Waals surface area contributed by atoms with Crippen molar-refractivity contribution in [2.45, 2.75) is 37.5 Å². The van der Waals surface area contributed by atoms with Crippen molar-refractivity contribution in [2.75, 3.05) is 26.2 Å². The lowest BCUT2D eigenvalue weighted by Gasteiger charge is -2.29. The Morgan fingerprint density at radius 1 is 1.35 bits per heavy atom. The molecule has 10 nitrogen and oxygen atoms in total. The van der Waals surface area contributed by atoms with Gasteiger partial charge >= 0.3 is 12.0 Å². The summed E-state index contributed by atoms with van der Waals surface area (Å²) < 4.78 is 0. The SMILES string of the molecule is O=C(O)CON1C(=O)N2CC1CCC2C(=O)NO[C@H]1CCNC1. The van der Waals surface area contributed by atoms with Gasteiger partial charge < -0.3 is 15.3 Å². The first kappa shape index (κ1) is 16.0. The summed E-state index contributed by atoms with van der Waals surface area (Å²) in [5.74, 6) is -1.51. The Hall–Kier alpha value is -1.91. The standard InChI is InChI=1S/C13H20N4O6/c18-11(19)7-22-17-8-1-2-10(16(6-8)13(17)21)12(20)15-23-9-3-4-14-5-9/h8-10,14H,1-7H2,(H,15,20)(H,18,19)/t8?,9-,10?/m0/s1. The number of amides is 3. The van der Waals surface area contributed by atoms with E-state index in [0.717, 1.165) is 18.0 Å². The van der Waals surface area contributed by atoms with E-state index in [9.17, 15) is 14.4 Å². The first-order valence-corrected chi connectivity index (χ1v) is 7.67. The zero-order valence-corrected chi connectivity index (χ0v) is 12.6. The number of fused-ring (bicyclic) bond motifs is 2. The predicted octanol–water partition coefficient (Wildman–Crippen LogP) is -1.32. The highest BCUT2D eigenvalue weighted by atomic mass is 16.7. The number of aliphatic carboxylic acids is 1. The van der Waals surface area contributed by atoms with Crippen molar-refractivity contribution in [3.8, 4) is 0 Å². The molecule has 10 heteroatoms. The van der Waals surface area contributed by atoms with E-state index in [1.807, 2.05) is 0 Å². The third-order valence-corrected chi connectivity index (χ3v) is 4.29. The van der Waals surface area contributed by atoms with Crippen LogP contribution < -0.4 is 10.8 Å². The quantitative estimate of drug-likeness (QED) is 0.517. The van der Waals surface area contributed by atoms with Crippen molar-refractivity contribution in [1.29, 1.82) is 0 Å². The van der Waals surface area contributed by atoms with E-state index in [4.69, 9.17) is 14.8 Å². The third kappa shape index (κ3) is 3.38. The van der Waals surface area contributed by atoms with Gasteiger partial charge in [-0.05, 0) is 25.8 Å². The van der Waals surface area contributed by atoms with Crippen LogP contribution in [0.1, 0.15) is 19.3 Å². The molecule has 3 aliphatic heterocycles. The third-order valence-electron chi connectivity index (χ3n) is 4.29. The molecule has 3 rings (SSSR count). The summed E-state index contributed by atoms with van der Waals surface area (Å²) >= 11 is 0. The molecule has 0 saturated carbocycles. The molecular formula is C13H20N4O6. The van der Waals surface area contributed by atoms with Crippen molar-refractivity contribution in [3.05, 3.63) is 0 Å². The van der Waals surface area contributed by atoms with Crippen LogP contribution in [-0.2, 0) is 19.3 Å². The van der Waals surface area contributed by atoms with Crippen LogP contribution in [0.15, 0.2) is 0 Å². The number of carboxylic acid groups (broad SMARTS) is 1. The molecule has 0 spiro atoms. The minimum absolute atomic E-state index is 0.0556. The largest absolute Gasteiger partial charge is 0.479 e. The molecule has 3 fully saturated rings. The zero-order chi connectivity index (χ0) is 16.4. The van der Waals surface area contributed by atoms with Crippen molar-refractivity contribution >= 4 is 17.9 Å². The maximum absolute atomic E-state index is 12.3. The number of carboxylic acids is 1. The summed E-state index contributed by atoms with van der Waals surface area (Å²) in [6.07, 6.45) is 1.83. The fourth-order valence-electron chi connectivity index (χ4n) is 3.13. The van der Waals surface area contributed by atoms with Gasteiger partial charge in [0.25, 0.3) is 5.91 Å². The molecule has 2 unspecified atom stereocenters. The maximum atomic E-state index is 12.3. The summed E-state index contributed by atoms with van der Waals surface area (Å²) in [5, 5.41) is 12.9. The number of carbonyl (C=O) groups is 3. The van der Waals surface area contributed by atoms with Crippen LogP contribution in [0.3, 0.4) is 0 Å². The number of hydroxylamine groups is 3. The highest BCUT2D eigenvalue weighted by Crippen LogP contribution is 2.30. The van der Waals surface area contributed by atoms with Gasteiger partial charge in [-0.15, -0.1) is 0 Å². The lowest BCUT2D eigenvalue weighted by Crippen LogP contribution is -2.50. The lowest BCUT2D eigenvalue weighted by molar-refractivity contribution is -0.167. The molecular weight excluding hydrogens is 308 g/mol. The number of urea groups is 1. The molecule has 3 aliphatic rings. The molecule has 0 radical (unpaired) electrons. The van der Waals surface area contributed by atoms with Gasteiger partial charge in [-0.3, -0.25) is 14.5 Å². The first-order valence-electron chi connectivity index (χ1n) is 7.67. The Morgan fingerprint density at radius 3 is 2.87 bits per heavy atom. The van der Waals surface area contributed by atoms with Gasteiger partial charge in [0.1, 0.15) is 6.04 Å². The molecule has 3 amide bonds. The Balaban J connectivity index is 1.55. The molecule has 3 saturated heterocycles. The first-order chi connectivity index (χ1) is 11.1. The Bertz CT molecular complexity index is 495. The van der Waals surface area contributed by atoms with Crippen LogP contribution in [0.5, 0.6) is 0 Å². The van der Waals surface area contributed by atoms with Gasteiger partial charge in [-0.1, -0.05) is 0 Å². The van der Waals surface area contributed by atoms with Crippen molar-refractivity contribution in [3.63, 3.8) is 0 Å². The normalized spacial score (nSPS) is 29.9. The van der Waals surface area contributed by atoms with Crippen LogP contribution in [0.2, 0.25) is 0 Å². The van der Waals surface area contributed by atoms with E-state index in [1.54, 1.807) is 0 Å². The van der Waals surface area contributed by atoms with Crippen LogP contribution >= 0.6 is 0 Å². The van der Waals surface area contributed by atoms with E-state index >= 15 is 0 Å². The van der Waals surface area contributed by atoms with E-state index in [1.165, 1.54) is 4.90 Å². The molecule has 0 aliphatic carbocycles. The smallest absolute Gasteiger partial charge is 0.345 e. The maximum Gasteiger partial charge on any atom is 0.345 e. The van der Waals surface area contributed by atoms with E-state index in [0.29, 0.717) is 25.9 Å². The zero-order valence-electron chi connectivity index (χ0n) is 12.6. The van der Waals surface area contributed by atoms with E-state index < -0.39 is 24.6 Å². The Labute approximate surface area is 132 Å². The van der Waals surface area contributed by atoms with Crippen LogP contribution in [0, 0.1) is 0 Å². The second-order valence-corrected chi connectivity index (χ2v) is 5.87. The fourth-order valence-corrected chi connectivity index (χ4v) is 3.13. The molecule has 3 atom stereocenters. The van der Waals surface area contributed by atoms with Crippen molar-refractivity contribution < 1.29 is 29.2 Å². The monoisotopic (exact) mass is 328 g/mol. The number of rotatable bonds is 6. The van der Waals surface area contributed by atoms with Crippen molar-refractivity contribution in [2.24, 2.45) is 0 Å². The predicted molar refractivity (Wildman–Crippen MR) is 74.8 cm³/mol. The number of nitrogens with one attached hydrogen (secondary N) is 2. The Morgan fingerprint density at radius 2 is 2.17 bits per heavy atom. The van der Waals surface area contributed by atoms with Crippen LogP contribution in [0.25, 0.3) is 0 Å². The number of piperidine rings is 1. The van der Waals surface area contributed by atoms with Crippen LogP contribution in [-0.4, -0.2) is 77.4 Å². The summed E-state index contributed by atoms with van der Waals surface area (Å²) in [6.45, 7) is 1.31. The number of nitrogens with zero attached hydrogens (tertiary/aromatic N) is 2. The number of carbonyl (C=O) groups excluding carboxylic acids is 2. The molecule has 3 N–H and O–H groups in total. The summed E-state index contributed by atoms with van der Waals surface area (Å²) in [4.78, 5) is 46.9. The highest BCUT2D eigenvalue weighted by Gasteiger charge is 2.48. The molecule has 3 heterocycles. The average molecular weight is 328 g/mol. The minimum Gasteiger partial charge on any atom is -0.479 e. The molecule has 0 aromatic carbocycles.